The molecule has 1 atom stereocenters. The zero-order chi connectivity index (χ0) is 25.2. The molecule has 0 aromatic heterocycles. The molecule has 8 nitrogen and oxygen atoms in total. The molecule has 3 aromatic carbocycles. The fourth-order valence-electron chi connectivity index (χ4n) is 2.89. The Balaban J connectivity index is 1.46. The Bertz CT molecular complexity index is 1180. The Labute approximate surface area is 209 Å². The molecule has 3 amide bonds. The molecule has 0 bridgehead atoms. The van der Waals surface area contributed by atoms with E-state index < -0.39 is 11.8 Å². The molecule has 4 N–H and O–H groups in total. The third-order valence-corrected chi connectivity index (χ3v) is 5.19. The highest BCUT2D eigenvalue weighted by atomic mass is 32.1. The predicted molar refractivity (Wildman–Crippen MR) is 138 cm³/mol. The van der Waals surface area contributed by atoms with E-state index >= 15 is 0 Å². The Morgan fingerprint density at radius 3 is 1.97 bits per heavy atom. The number of hydrogen-bond donors (Lipinski definition) is 4. The molecule has 0 fully saturated rings. The zero-order valence-corrected chi connectivity index (χ0v) is 20.1. The summed E-state index contributed by atoms with van der Waals surface area (Å²) in [4.78, 5) is 36.9. The molecular formula is C26H26N4O4S. The normalized spacial score (nSPS) is 11.0. The molecule has 0 saturated carbocycles. The number of rotatable bonds is 7. The molecule has 180 valence electrons. The van der Waals surface area contributed by atoms with Gasteiger partial charge in [-0.25, -0.2) is 0 Å². The van der Waals surface area contributed by atoms with Gasteiger partial charge < -0.3 is 10.1 Å². The topological polar surface area (TPSA) is 109 Å². The van der Waals surface area contributed by atoms with Crippen molar-refractivity contribution in [1.29, 1.82) is 0 Å². The minimum Gasteiger partial charge on any atom is -0.491 e. The first-order chi connectivity index (χ1) is 16.9. The summed E-state index contributed by atoms with van der Waals surface area (Å²) < 4.78 is 5.69. The average Bonchev–Trinajstić information content (AvgIpc) is 2.88. The Hall–Kier alpha value is -4.24. The van der Waals surface area contributed by atoms with Crippen LogP contribution in [0.15, 0.2) is 78.9 Å². The van der Waals surface area contributed by atoms with Crippen molar-refractivity contribution >= 4 is 40.7 Å². The van der Waals surface area contributed by atoms with Gasteiger partial charge in [-0.2, -0.15) is 0 Å². The highest BCUT2D eigenvalue weighted by Crippen LogP contribution is 2.15. The van der Waals surface area contributed by atoms with Gasteiger partial charge in [0.1, 0.15) is 5.75 Å². The van der Waals surface area contributed by atoms with Crippen molar-refractivity contribution in [3.8, 4) is 5.75 Å². The molecule has 35 heavy (non-hydrogen) atoms. The maximum Gasteiger partial charge on any atom is 0.269 e. The van der Waals surface area contributed by atoms with E-state index in [4.69, 9.17) is 17.0 Å². The first-order valence-electron chi connectivity index (χ1n) is 11.0. The van der Waals surface area contributed by atoms with Crippen LogP contribution >= 0.6 is 12.2 Å². The van der Waals surface area contributed by atoms with Crippen LogP contribution in [0.5, 0.6) is 5.75 Å². The SMILES string of the molecule is CCC(C)Oc1ccc(C(=O)NC(=S)NNC(=O)c2ccc(NC(=O)c3ccccc3)cc2)cc1. The van der Waals surface area contributed by atoms with Crippen molar-refractivity contribution in [2.75, 3.05) is 5.32 Å². The van der Waals surface area contributed by atoms with Crippen LogP contribution in [0.1, 0.15) is 51.3 Å². The van der Waals surface area contributed by atoms with Crippen molar-refractivity contribution in [2.45, 2.75) is 26.4 Å². The standard InChI is InChI=1S/C26H26N4O4S/c1-3-17(2)34-22-15-11-19(12-16-22)24(32)28-26(35)30-29-25(33)20-9-13-21(14-10-20)27-23(31)18-7-5-4-6-8-18/h4-17H,3H2,1-2H3,(H,27,31)(H,29,33)(H2,28,30,32,35). The summed E-state index contributed by atoms with van der Waals surface area (Å²) in [6, 6.07) is 21.8. The fourth-order valence-corrected chi connectivity index (χ4v) is 3.03. The molecule has 0 aliphatic carbocycles. The van der Waals surface area contributed by atoms with E-state index in [9.17, 15) is 14.4 Å². The molecule has 0 aliphatic heterocycles. The molecule has 0 spiro atoms. The monoisotopic (exact) mass is 490 g/mol. The van der Waals surface area contributed by atoms with Crippen LogP contribution in [0, 0.1) is 0 Å². The number of carbonyl (C=O) groups is 3. The van der Waals surface area contributed by atoms with Crippen LogP contribution in [0.4, 0.5) is 5.69 Å². The van der Waals surface area contributed by atoms with Crippen LogP contribution in [-0.2, 0) is 0 Å². The van der Waals surface area contributed by atoms with E-state index in [1.807, 2.05) is 19.9 Å². The number of anilines is 1. The third-order valence-electron chi connectivity index (χ3n) is 4.99. The molecule has 0 heterocycles. The molecule has 0 aliphatic rings. The number of carbonyl (C=O) groups excluding carboxylic acids is 3. The first kappa shape index (κ1) is 25.4. The van der Waals surface area contributed by atoms with Crippen molar-refractivity contribution in [3.63, 3.8) is 0 Å². The number of hydrazine groups is 1. The number of amides is 3. The van der Waals surface area contributed by atoms with E-state index in [-0.39, 0.29) is 17.1 Å². The lowest BCUT2D eigenvalue weighted by atomic mass is 10.1. The number of ether oxygens (including phenoxy) is 1. The van der Waals surface area contributed by atoms with Crippen LogP contribution in [-0.4, -0.2) is 28.9 Å². The van der Waals surface area contributed by atoms with Crippen molar-refractivity contribution in [3.05, 3.63) is 95.6 Å². The van der Waals surface area contributed by atoms with Gasteiger partial charge in [-0.15, -0.1) is 0 Å². The molecule has 9 heteroatoms. The maximum atomic E-state index is 12.4. The lowest BCUT2D eigenvalue weighted by Crippen LogP contribution is -2.48. The van der Waals surface area contributed by atoms with Crippen molar-refractivity contribution in [2.24, 2.45) is 0 Å². The number of nitrogens with one attached hydrogen (secondary N) is 4. The van der Waals surface area contributed by atoms with E-state index in [1.165, 1.54) is 0 Å². The number of thiocarbonyl (C=S) groups is 1. The van der Waals surface area contributed by atoms with Gasteiger partial charge in [0.15, 0.2) is 5.11 Å². The highest BCUT2D eigenvalue weighted by molar-refractivity contribution is 7.80. The number of benzene rings is 3. The Kier molecular flexibility index (Phi) is 8.91. The van der Waals surface area contributed by atoms with Crippen LogP contribution in [0.25, 0.3) is 0 Å². The van der Waals surface area contributed by atoms with Crippen molar-refractivity contribution in [1.82, 2.24) is 16.2 Å². The first-order valence-corrected chi connectivity index (χ1v) is 11.4. The summed E-state index contributed by atoms with van der Waals surface area (Å²) in [6.07, 6.45) is 0.961. The summed E-state index contributed by atoms with van der Waals surface area (Å²) in [5, 5.41) is 5.20. The Morgan fingerprint density at radius 1 is 0.771 bits per heavy atom. The predicted octanol–water partition coefficient (Wildman–Crippen LogP) is 4.07. The molecular weight excluding hydrogens is 464 g/mol. The van der Waals surface area contributed by atoms with Gasteiger partial charge >= 0.3 is 0 Å². The molecule has 0 radical (unpaired) electrons. The summed E-state index contributed by atoms with van der Waals surface area (Å²) in [7, 11) is 0. The number of hydrogen-bond acceptors (Lipinski definition) is 5. The third kappa shape index (κ3) is 7.65. The lowest BCUT2D eigenvalue weighted by Gasteiger charge is -2.13. The quantitative estimate of drug-likeness (QED) is 0.294. The maximum absolute atomic E-state index is 12.4. The average molecular weight is 491 g/mol. The van der Waals surface area contributed by atoms with E-state index in [0.717, 1.165) is 6.42 Å². The summed E-state index contributed by atoms with van der Waals surface area (Å²) in [6.45, 7) is 4.00. The Morgan fingerprint density at radius 2 is 1.34 bits per heavy atom. The smallest absolute Gasteiger partial charge is 0.269 e. The second-order valence-corrected chi connectivity index (χ2v) is 8.03. The van der Waals surface area contributed by atoms with E-state index in [2.05, 4.69) is 21.5 Å². The molecule has 1 unspecified atom stereocenters. The molecule has 3 aromatic rings. The highest BCUT2D eigenvalue weighted by Gasteiger charge is 2.11. The van der Waals surface area contributed by atoms with Gasteiger partial charge in [0.2, 0.25) is 0 Å². The van der Waals surface area contributed by atoms with E-state index in [0.29, 0.717) is 28.1 Å². The van der Waals surface area contributed by atoms with Crippen LogP contribution in [0.3, 0.4) is 0 Å². The van der Waals surface area contributed by atoms with Crippen LogP contribution < -0.4 is 26.2 Å². The summed E-state index contributed by atoms with van der Waals surface area (Å²) >= 11 is 5.08. The van der Waals surface area contributed by atoms with Crippen LogP contribution in [0.2, 0.25) is 0 Å². The second kappa shape index (κ2) is 12.3. The fraction of sp³-hybridized carbons (Fsp3) is 0.154. The van der Waals surface area contributed by atoms with Crippen molar-refractivity contribution < 1.29 is 19.1 Å². The van der Waals surface area contributed by atoms with Gasteiger partial charge in [-0.3, -0.25) is 30.6 Å². The largest absolute Gasteiger partial charge is 0.491 e. The minimum atomic E-state index is -0.464. The van der Waals surface area contributed by atoms with Gasteiger partial charge in [-0.1, -0.05) is 25.1 Å². The second-order valence-electron chi connectivity index (χ2n) is 7.62. The minimum absolute atomic E-state index is 0.0602. The molecule has 3 rings (SSSR count). The van der Waals surface area contributed by atoms with Gasteiger partial charge in [0.25, 0.3) is 17.7 Å². The van der Waals surface area contributed by atoms with Gasteiger partial charge in [0, 0.05) is 22.4 Å². The zero-order valence-electron chi connectivity index (χ0n) is 19.3. The van der Waals surface area contributed by atoms with E-state index in [1.54, 1.807) is 72.8 Å². The molecule has 0 saturated heterocycles. The summed E-state index contributed by atoms with van der Waals surface area (Å²) in [5.74, 6) is -0.461. The summed E-state index contributed by atoms with van der Waals surface area (Å²) in [5.41, 5.74) is 6.73. The van der Waals surface area contributed by atoms with Gasteiger partial charge in [-0.05, 0) is 86.2 Å². The van der Waals surface area contributed by atoms with Gasteiger partial charge in [0.05, 0.1) is 6.10 Å². The lowest BCUT2D eigenvalue weighted by molar-refractivity contribution is 0.0934.